The Morgan fingerprint density at radius 3 is 2.55 bits per heavy atom. The molecule has 0 aromatic heterocycles. The van der Waals surface area contributed by atoms with Gasteiger partial charge in [-0.15, -0.1) is 0 Å². The number of aryl methyl sites for hydroxylation is 2. The fourth-order valence-electron chi connectivity index (χ4n) is 2.94. The number of benzene rings is 2. The zero-order valence-electron chi connectivity index (χ0n) is 11.8. The second kappa shape index (κ2) is 4.67. The summed E-state index contributed by atoms with van der Waals surface area (Å²) in [5.74, 6) is 0.0356. The van der Waals surface area contributed by atoms with Gasteiger partial charge in [-0.05, 0) is 44.0 Å². The van der Waals surface area contributed by atoms with E-state index in [-0.39, 0.29) is 5.91 Å². The zero-order chi connectivity index (χ0) is 14.3. The van der Waals surface area contributed by atoms with E-state index in [1.165, 1.54) is 0 Å². The molecule has 3 heteroatoms. The molecule has 1 amide bonds. The number of hydrogen-bond acceptors (Lipinski definition) is 2. The third-order valence-corrected chi connectivity index (χ3v) is 3.74. The van der Waals surface area contributed by atoms with Gasteiger partial charge in [-0.1, -0.05) is 29.3 Å². The highest BCUT2D eigenvalue weighted by Gasteiger charge is 2.27. The minimum absolute atomic E-state index is 0.0356. The molecule has 0 bridgehead atoms. The highest BCUT2D eigenvalue weighted by atomic mass is 16.2. The van der Waals surface area contributed by atoms with Crippen LogP contribution in [-0.2, 0) is 6.42 Å². The number of nitrogens with zero attached hydrogens (tertiary/aromatic N) is 1. The predicted octanol–water partition coefficient (Wildman–Crippen LogP) is 3.09. The number of nitrogens with two attached hydrogens (primary N) is 1. The molecule has 0 saturated heterocycles. The number of carbonyl (C=O) groups excluding carboxylic acids is 1. The van der Waals surface area contributed by atoms with Crippen molar-refractivity contribution in [2.24, 2.45) is 0 Å². The molecule has 0 saturated carbocycles. The van der Waals surface area contributed by atoms with Crippen molar-refractivity contribution in [1.29, 1.82) is 0 Å². The summed E-state index contributed by atoms with van der Waals surface area (Å²) in [4.78, 5) is 14.5. The van der Waals surface area contributed by atoms with Crippen molar-refractivity contribution in [2.75, 3.05) is 17.2 Å². The lowest BCUT2D eigenvalue weighted by atomic mass is 10.1. The Labute approximate surface area is 119 Å². The van der Waals surface area contributed by atoms with Gasteiger partial charge in [-0.2, -0.15) is 0 Å². The van der Waals surface area contributed by atoms with E-state index in [0.717, 1.165) is 34.4 Å². The third-order valence-electron chi connectivity index (χ3n) is 3.74. The van der Waals surface area contributed by atoms with Gasteiger partial charge in [-0.3, -0.25) is 4.79 Å². The number of anilines is 2. The van der Waals surface area contributed by atoms with E-state index in [2.05, 4.69) is 6.07 Å². The molecule has 0 fully saturated rings. The molecule has 0 unspecified atom stereocenters. The van der Waals surface area contributed by atoms with Crippen molar-refractivity contribution < 1.29 is 4.79 Å². The van der Waals surface area contributed by atoms with Gasteiger partial charge in [0.25, 0.3) is 5.91 Å². The molecule has 2 N–H and O–H groups in total. The van der Waals surface area contributed by atoms with Gasteiger partial charge >= 0.3 is 0 Å². The van der Waals surface area contributed by atoms with Crippen LogP contribution in [0.5, 0.6) is 0 Å². The molecule has 3 nitrogen and oxygen atoms in total. The molecule has 2 aromatic carbocycles. The second-order valence-corrected chi connectivity index (χ2v) is 5.44. The summed E-state index contributed by atoms with van der Waals surface area (Å²) in [5, 5.41) is 0. The Balaban J connectivity index is 2.02. The van der Waals surface area contributed by atoms with Gasteiger partial charge in [0.15, 0.2) is 0 Å². The van der Waals surface area contributed by atoms with Gasteiger partial charge in [-0.25, -0.2) is 0 Å². The van der Waals surface area contributed by atoms with Crippen LogP contribution in [0, 0.1) is 13.8 Å². The van der Waals surface area contributed by atoms with Gasteiger partial charge in [0.05, 0.1) is 11.4 Å². The van der Waals surface area contributed by atoms with Crippen LogP contribution in [0.15, 0.2) is 36.4 Å². The van der Waals surface area contributed by atoms with Crippen LogP contribution in [0.4, 0.5) is 11.4 Å². The lowest BCUT2D eigenvalue weighted by Gasteiger charge is -2.19. The molecule has 0 atom stereocenters. The van der Waals surface area contributed by atoms with Crippen LogP contribution in [0.3, 0.4) is 0 Å². The van der Waals surface area contributed by atoms with Crippen molar-refractivity contribution >= 4 is 17.3 Å². The first-order chi connectivity index (χ1) is 9.56. The minimum Gasteiger partial charge on any atom is -0.397 e. The molecule has 20 heavy (non-hydrogen) atoms. The standard InChI is InChI=1S/C17H18N2O/c1-11-8-12(2)10-14(9-11)17(20)19-7-6-13-4-3-5-15(18)16(13)19/h3-5,8-10H,6-7,18H2,1-2H3. The Morgan fingerprint density at radius 1 is 1.15 bits per heavy atom. The van der Waals surface area contributed by atoms with E-state index in [9.17, 15) is 4.79 Å². The monoisotopic (exact) mass is 266 g/mol. The zero-order valence-corrected chi connectivity index (χ0v) is 11.8. The van der Waals surface area contributed by atoms with E-state index in [1.54, 1.807) is 4.90 Å². The Hall–Kier alpha value is -2.29. The first-order valence-corrected chi connectivity index (χ1v) is 6.84. The Kier molecular flexibility index (Phi) is 2.97. The second-order valence-electron chi connectivity index (χ2n) is 5.44. The van der Waals surface area contributed by atoms with Gasteiger partial charge < -0.3 is 10.6 Å². The topological polar surface area (TPSA) is 46.3 Å². The summed E-state index contributed by atoms with van der Waals surface area (Å²) in [6, 6.07) is 11.8. The first kappa shape index (κ1) is 12.7. The minimum atomic E-state index is 0.0356. The van der Waals surface area contributed by atoms with Crippen LogP contribution in [0.2, 0.25) is 0 Å². The fourth-order valence-corrected chi connectivity index (χ4v) is 2.94. The molecule has 2 aromatic rings. The van der Waals surface area contributed by atoms with E-state index in [0.29, 0.717) is 12.2 Å². The summed E-state index contributed by atoms with van der Waals surface area (Å²) < 4.78 is 0. The number of nitrogen functional groups attached to an aromatic ring is 1. The maximum atomic E-state index is 12.7. The van der Waals surface area contributed by atoms with Gasteiger partial charge in [0.2, 0.25) is 0 Å². The van der Waals surface area contributed by atoms with Crippen LogP contribution < -0.4 is 10.6 Å². The number of rotatable bonds is 1. The number of hydrogen-bond donors (Lipinski definition) is 1. The number of amides is 1. The summed E-state index contributed by atoms with van der Waals surface area (Å²) in [7, 11) is 0. The lowest BCUT2D eigenvalue weighted by molar-refractivity contribution is 0.0989. The van der Waals surface area contributed by atoms with Crippen LogP contribution in [0.1, 0.15) is 27.0 Å². The van der Waals surface area contributed by atoms with Crippen molar-refractivity contribution in [3.63, 3.8) is 0 Å². The average Bonchev–Trinajstić information content (AvgIpc) is 2.82. The highest BCUT2D eigenvalue weighted by molar-refractivity contribution is 6.09. The molecule has 0 radical (unpaired) electrons. The molecule has 0 aliphatic carbocycles. The molecule has 0 spiro atoms. The maximum Gasteiger partial charge on any atom is 0.258 e. The Morgan fingerprint density at radius 2 is 1.85 bits per heavy atom. The van der Waals surface area contributed by atoms with E-state index in [1.807, 2.05) is 44.2 Å². The van der Waals surface area contributed by atoms with Crippen molar-refractivity contribution in [2.45, 2.75) is 20.3 Å². The Bertz CT molecular complexity index is 671. The summed E-state index contributed by atoms with van der Waals surface area (Å²) >= 11 is 0. The fraction of sp³-hybridized carbons (Fsp3) is 0.235. The molecular formula is C17H18N2O. The van der Waals surface area contributed by atoms with Crippen molar-refractivity contribution in [3.05, 3.63) is 58.7 Å². The average molecular weight is 266 g/mol. The third kappa shape index (κ3) is 2.05. The van der Waals surface area contributed by atoms with E-state index in [4.69, 9.17) is 5.73 Å². The molecule has 3 rings (SSSR count). The lowest BCUT2D eigenvalue weighted by Crippen LogP contribution is -2.29. The largest absolute Gasteiger partial charge is 0.397 e. The van der Waals surface area contributed by atoms with Gasteiger partial charge in [0.1, 0.15) is 0 Å². The van der Waals surface area contributed by atoms with Crippen LogP contribution in [-0.4, -0.2) is 12.5 Å². The van der Waals surface area contributed by atoms with E-state index < -0.39 is 0 Å². The quantitative estimate of drug-likeness (QED) is 0.806. The molecular weight excluding hydrogens is 248 g/mol. The van der Waals surface area contributed by atoms with Gasteiger partial charge in [0, 0.05) is 12.1 Å². The van der Waals surface area contributed by atoms with Crippen molar-refractivity contribution in [3.8, 4) is 0 Å². The number of fused-ring (bicyclic) bond motifs is 1. The normalized spacial score (nSPS) is 13.4. The summed E-state index contributed by atoms with van der Waals surface area (Å²) in [6.07, 6.45) is 0.872. The molecule has 1 aliphatic heterocycles. The molecule has 102 valence electrons. The van der Waals surface area contributed by atoms with Crippen LogP contribution in [0.25, 0.3) is 0 Å². The molecule has 1 heterocycles. The SMILES string of the molecule is Cc1cc(C)cc(C(=O)N2CCc3cccc(N)c32)c1. The molecule has 1 aliphatic rings. The van der Waals surface area contributed by atoms with Crippen molar-refractivity contribution in [1.82, 2.24) is 0 Å². The maximum absolute atomic E-state index is 12.7. The smallest absolute Gasteiger partial charge is 0.258 e. The van der Waals surface area contributed by atoms with Crippen LogP contribution >= 0.6 is 0 Å². The highest BCUT2D eigenvalue weighted by Crippen LogP contribution is 2.34. The van der Waals surface area contributed by atoms with E-state index >= 15 is 0 Å². The predicted molar refractivity (Wildman–Crippen MR) is 82.2 cm³/mol. The summed E-state index contributed by atoms with van der Waals surface area (Å²) in [6.45, 7) is 4.72. The summed E-state index contributed by atoms with van der Waals surface area (Å²) in [5.41, 5.74) is 11.7. The number of para-hydroxylation sites is 1. The number of carbonyl (C=O) groups is 1. The first-order valence-electron chi connectivity index (χ1n) is 6.84.